The van der Waals surface area contributed by atoms with Crippen LogP contribution in [0.2, 0.25) is 0 Å². The lowest BCUT2D eigenvalue weighted by Crippen LogP contribution is -2.38. The highest BCUT2D eigenvalue weighted by atomic mass is 19.2. The summed E-state index contributed by atoms with van der Waals surface area (Å²) in [5, 5.41) is 0. The number of amides is 2. The lowest BCUT2D eigenvalue weighted by atomic mass is 10.1. The summed E-state index contributed by atoms with van der Waals surface area (Å²) >= 11 is 0. The minimum atomic E-state index is -1.66. The van der Waals surface area contributed by atoms with E-state index in [1.807, 2.05) is 19.1 Å². The molecule has 1 aliphatic heterocycles. The van der Waals surface area contributed by atoms with Crippen LogP contribution in [0.15, 0.2) is 36.4 Å². The molecule has 7 heteroatoms. The quantitative estimate of drug-likeness (QED) is 0.754. The van der Waals surface area contributed by atoms with E-state index in [4.69, 9.17) is 0 Å². The summed E-state index contributed by atoms with van der Waals surface area (Å²) in [7, 11) is 0. The van der Waals surface area contributed by atoms with E-state index in [0.29, 0.717) is 25.1 Å². The van der Waals surface area contributed by atoms with Crippen molar-refractivity contribution >= 4 is 11.8 Å². The Labute approximate surface area is 155 Å². The zero-order valence-corrected chi connectivity index (χ0v) is 14.8. The molecule has 2 amide bonds. The SMILES string of the molecule is Cc1ccccc1C(=O)N1CCCN(C(=O)c2ccc(F)c(F)c2F)CC1. The van der Waals surface area contributed by atoms with Gasteiger partial charge < -0.3 is 9.80 Å². The zero-order chi connectivity index (χ0) is 19.6. The monoisotopic (exact) mass is 376 g/mol. The number of hydrogen-bond acceptors (Lipinski definition) is 2. The molecule has 1 saturated heterocycles. The van der Waals surface area contributed by atoms with Crippen LogP contribution in [0, 0.1) is 24.4 Å². The van der Waals surface area contributed by atoms with Gasteiger partial charge in [0.1, 0.15) is 0 Å². The molecule has 0 atom stereocenters. The van der Waals surface area contributed by atoms with Crippen LogP contribution in [0.5, 0.6) is 0 Å². The van der Waals surface area contributed by atoms with Crippen molar-refractivity contribution in [3.8, 4) is 0 Å². The molecule has 0 bridgehead atoms. The summed E-state index contributed by atoms with van der Waals surface area (Å²) in [5.41, 5.74) is 0.958. The van der Waals surface area contributed by atoms with Crippen LogP contribution in [0.3, 0.4) is 0 Å². The van der Waals surface area contributed by atoms with Gasteiger partial charge in [0.05, 0.1) is 5.56 Å². The molecule has 1 heterocycles. The highest BCUT2D eigenvalue weighted by Gasteiger charge is 2.27. The smallest absolute Gasteiger partial charge is 0.257 e. The van der Waals surface area contributed by atoms with Crippen LogP contribution in [0.25, 0.3) is 0 Å². The Bertz CT molecular complexity index is 886. The maximum atomic E-state index is 13.9. The van der Waals surface area contributed by atoms with Gasteiger partial charge in [0.15, 0.2) is 17.5 Å². The molecule has 0 aromatic heterocycles. The van der Waals surface area contributed by atoms with Gasteiger partial charge >= 0.3 is 0 Å². The third-order valence-corrected chi connectivity index (χ3v) is 4.71. The van der Waals surface area contributed by atoms with E-state index in [2.05, 4.69) is 0 Å². The molecule has 0 radical (unpaired) electrons. The van der Waals surface area contributed by atoms with Crippen LogP contribution in [-0.2, 0) is 0 Å². The summed E-state index contributed by atoms with van der Waals surface area (Å²) in [6.45, 7) is 3.08. The molecule has 2 aromatic rings. The summed E-state index contributed by atoms with van der Waals surface area (Å²) in [5.74, 6) is -5.32. The molecule has 0 aliphatic carbocycles. The number of carbonyl (C=O) groups excluding carboxylic acids is 2. The summed E-state index contributed by atoms with van der Waals surface area (Å²) in [4.78, 5) is 28.3. The fourth-order valence-electron chi connectivity index (χ4n) is 3.17. The molecule has 2 aromatic carbocycles. The number of aryl methyl sites for hydroxylation is 1. The fourth-order valence-corrected chi connectivity index (χ4v) is 3.17. The average Bonchev–Trinajstić information content (AvgIpc) is 2.92. The molecule has 27 heavy (non-hydrogen) atoms. The molecule has 1 aliphatic rings. The lowest BCUT2D eigenvalue weighted by Gasteiger charge is -2.23. The minimum absolute atomic E-state index is 0.124. The van der Waals surface area contributed by atoms with Crippen molar-refractivity contribution in [2.75, 3.05) is 26.2 Å². The van der Waals surface area contributed by atoms with Crippen LogP contribution >= 0.6 is 0 Å². The second kappa shape index (κ2) is 7.82. The van der Waals surface area contributed by atoms with Gasteiger partial charge in [0.2, 0.25) is 0 Å². The zero-order valence-electron chi connectivity index (χ0n) is 14.8. The predicted molar refractivity (Wildman–Crippen MR) is 93.9 cm³/mol. The Balaban J connectivity index is 1.73. The number of nitrogens with zero attached hydrogens (tertiary/aromatic N) is 2. The largest absolute Gasteiger partial charge is 0.337 e. The number of hydrogen-bond donors (Lipinski definition) is 0. The van der Waals surface area contributed by atoms with E-state index in [-0.39, 0.29) is 19.0 Å². The van der Waals surface area contributed by atoms with Crippen molar-refractivity contribution in [2.24, 2.45) is 0 Å². The van der Waals surface area contributed by atoms with Gasteiger partial charge in [-0.15, -0.1) is 0 Å². The highest BCUT2D eigenvalue weighted by Crippen LogP contribution is 2.19. The Morgan fingerprint density at radius 2 is 1.37 bits per heavy atom. The van der Waals surface area contributed by atoms with Crippen molar-refractivity contribution in [3.05, 3.63) is 70.5 Å². The van der Waals surface area contributed by atoms with Crippen molar-refractivity contribution < 1.29 is 22.8 Å². The molecule has 142 valence electrons. The third kappa shape index (κ3) is 3.82. The first kappa shape index (κ1) is 18.9. The van der Waals surface area contributed by atoms with E-state index >= 15 is 0 Å². The van der Waals surface area contributed by atoms with Crippen LogP contribution in [-0.4, -0.2) is 47.8 Å². The number of rotatable bonds is 2. The molecular formula is C20H19F3N2O2. The maximum absolute atomic E-state index is 13.9. The topological polar surface area (TPSA) is 40.6 Å². The molecule has 4 nitrogen and oxygen atoms in total. The molecule has 0 unspecified atom stereocenters. The Morgan fingerprint density at radius 3 is 2.00 bits per heavy atom. The van der Waals surface area contributed by atoms with Crippen LogP contribution < -0.4 is 0 Å². The van der Waals surface area contributed by atoms with Crippen molar-refractivity contribution in [3.63, 3.8) is 0 Å². The van der Waals surface area contributed by atoms with Gasteiger partial charge in [-0.3, -0.25) is 9.59 Å². The van der Waals surface area contributed by atoms with E-state index < -0.39 is 28.9 Å². The molecule has 0 N–H and O–H groups in total. The molecule has 3 rings (SSSR count). The van der Waals surface area contributed by atoms with Gasteiger partial charge in [0.25, 0.3) is 11.8 Å². The van der Waals surface area contributed by atoms with Gasteiger partial charge in [0, 0.05) is 31.7 Å². The van der Waals surface area contributed by atoms with Crippen LogP contribution in [0.1, 0.15) is 32.7 Å². The first-order valence-electron chi connectivity index (χ1n) is 8.68. The van der Waals surface area contributed by atoms with Crippen LogP contribution in [0.4, 0.5) is 13.2 Å². The highest BCUT2D eigenvalue weighted by molar-refractivity contribution is 5.96. The molecular weight excluding hydrogens is 357 g/mol. The van der Waals surface area contributed by atoms with Crippen molar-refractivity contribution in [1.29, 1.82) is 0 Å². The molecule has 1 fully saturated rings. The second-order valence-corrected chi connectivity index (χ2v) is 6.48. The average molecular weight is 376 g/mol. The summed E-state index contributed by atoms with van der Waals surface area (Å²) in [6.07, 6.45) is 0.509. The van der Waals surface area contributed by atoms with E-state index in [9.17, 15) is 22.8 Å². The first-order chi connectivity index (χ1) is 12.9. The Hall–Kier alpha value is -2.83. The number of carbonyl (C=O) groups is 2. The lowest BCUT2D eigenvalue weighted by molar-refractivity contribution is 0.0715. The summed E-state index contributed by atoms with van der Waals surface area (Å²) < 4.78 is 40.4. The van der Waals surface area contributed by atoms with Gasteiger partial charge in [-0.1, -0.05) is 18.2 Å². The minimum Gasteiger partial charge on any atom is -0.337 e. The standard InChI is InChI=1S/C20H19F3N2O2/c1-13-5-2-3-6-14(13)19(26)24-9-4-10-25(12-11-24)20(27)15-7-8-16(21)18(23)17(15)22/h2-3,5-8H,4,9-12H2,1H3. The Kier molecular flexibility index (Phi) is 5.48. The number of benzene rings is 2. The fraction of sp³-hybridized carbons (Fsp3) is 0.300. The van der Waals surface area contributed by atoms with Crippen molar-refractivity contribution in [2.45, 2.75) is 13.3 Å². The van der Waals surface area contributed by atoms with Crippen molar-refractivity contribution in [1.82, 2.24) is 9.80 Å². The van der Waals surface area contributed by atoms with Gasteiger partial charge in [-0.05, 0) is 37.1 Å². The van der Waals surface area contributed by atoms with E-state index in [1.54, 1.807) is 17.0 Å². The molecule has 0 spiro atoms. The Morgan fingerprint density at radius 1 is 0.778 bits per heavy atom. The normalized spacial score (nSPS) is 14.8. The second-order valence-electron chi connectivity index (χ2n) is 6.48. The predicted octanol–water partition coefficient (Wildman–Crippen LogP) is 3.40. The van der Waals surface area contributed by atoms with Gasteiger partial charge in [-0.2, -0.15) is 0 Å². The summed E-state index contributed by atoms with van der Waals surface area (Å²) in [6, 6.07) is 8.93. The van der Waals surface area contributed by atoms with Gasteiger partial charge in [-0.25, -0.2) is 13.2 Å². The molecule has 0 saturated carbocycles. The number of halogens is 3. The third-order valence-electron chi connectivity index (χ3n) is 4.71. The maximum Gasteiger partial charge on any atom is 0.257 e. The van der Waals surface area contributed by atoms with E-state index in [0.717, 1.165) is 17.7 Å². The van der Waals surface area contributed by atoms with E-state index in [1.165, 1.54) is 4.90 Å². The first-order valence-corrected chi connectivity index (χ1v) is 8.68.